The van der Waals surface area contributed by atoms with Gasteiger partial charge < -0.3 is 14.4 Å². The Morgan fingerprint density at radius 2 is 1.36 bits per heavy atom. The summed E-state index contributed by atoms with van der Waals surface area (Å²) in [4.78, 5) is 9.21. The average Bonchev–Trinajstić information content (AvgIpc) is 3.55. The Morgan fingerprint density at radius 1 is 0.620 bits per heavy atom. The molecule has 50 heavy (non-hydrogen) atoms. The molecule has 0 amide bonds. The van der Waals surface area contributed by atoms with E-state index >= 15 is 0 Å². The van der Waals surface area contributed by atoms with Gasteiger partial charge in [-0.2, -0.15) is 0 Å². The summed E-state index contributed by atoms with van der Waals surface area (Å²) in [6.45, 7) is 9.22. The maximum absolute atomic E-state index is 6.54. The van der Waals surface area contributed by atoms with Gasteiger partial charge in [-0.1, -0.05) is 135 Å². The molecule has 0 spiro atoms. The van der Waals surface area contributed by atoms with Gasteiger partial charge in [0.1, 0.15) is 5.58 Å². The first kappa shape index (κ1) is 34.9. The molecule has 0 bridgehead atoms. The van der Waals surface area contributed by atoms with E-state index in [1.54, 1.807) is 0 Å². The molecule has 3 nitrogen and oxygen atoms in total. The Kier molecular flexibility index (Phi) is 10.7. The van der Waals surface area contributed by atoms with E-state index in [1.807, 2.05) is 48.8 Å². The SMILES string of the molecule is CC(c1ccccc1)c1ccnc(-c2[c-]ccc3c2oc2c(-c4ccccc4)cccc23)c1.C[Si](C)(C)c1ccc(-c2[c-]cccc2)nc1.[Ir]. The summed E-state index contributed by atoms with van der Waals surface area (Å²) in [7, 11) is -1.23. The minimum atomic E-state index is -1.23. The molecule has 3 heterocycles. The number of furan rings is 1. The van der Waals surface area contributed by atoms with Gasteiger partial charge in [-0.3, -0.25) is 0 Å². The van der Waals surface area contributed by atoms with E-state index in [9.17, 15) is 0 Å². The molecule has 1 unspecified atom stereocenters. The topological polar surface area (TPSA) is 38.9 Å². The van der Waals surface area contributed by atoms with Gasteiger partial charge in [-0.25, -0.2) is 0 Å². The van der Waals surface area contributed by atoms with Crippen LogP contribution in [0.4, 0.5) is 0 Å². The predicted octanol–water partition coefficient (Wildman–Crippen LogP) is 11.4. The van der Waals surface area contributed by atoms with Crippen molar-refractivity contribution in [1.29, 1.82) is 0 Å². The van der Waals surface area contributed by atoms with Crippen molar-refractivity contribution in [3.05, 3.63) is 175 Å². The van der Waals surface area contributed by atoms with E-state index in [0.29, 0.717) is 0 Å². The normalized spacial score (nSPS) is 11.8. The zero-order valence-electron chi connectivity index (χ0n) is 28.6. The van der Waals surface area contributed by atoms with Crippen molar-refractivity contribution in [3.8, 4) is 33.6 Å². The van der Waals surface area contributed by atoms with Gasteiger partial charge in [0.15, 0.2) is 0 Å². The monoisotopic (exact) mass is 843 g/mol. The van der Waals surface area contributed by atoms with Crippen LogP contribution in [0, 0.1) is 12.1 Å². The fraction of sp³-hybridized carbons (Fsp3) is 0.111. The Balaban J connectivity index is 0.000000215. The Labute approximate surface area is 309 Å². The van der Waals surface area contributed by atoms with E-state index in [1.165, 1.54) is 16.3 Å². The van der Waals surface area contributed by atoms with Crippen molar-refractivity contribution < 1.29 is 24.5 Å². The molecule has 1 radical (unpaired) electrons. The second kappa shape index (κ2) is 15.3. The minimum Gasteiger partial charge on any atom is -0.500 e. The molecule has 0 saturated carbocycles. The molecular formula is C45H38IrN2OSi-2. The molecular weight excluding hydrogens is 805 g/mol. The summed E-state index contributed by atoms with van der Waals surface area (Å²) in [5.74, 6) is 0.271. The van der Waals surface area contributed by atoms with Gasteiger partial charge in [0.05, 0.1) is 13.7 Å². The average molecular weight is 843 g/mol. The van der Waals surface area contributed by atoms with Crippen LogP contribution >= 0.6 is 0 Å². The van der Waals surface area contributed by atoms with Crippen LogP contribution in [0.15, 0.2) is 156 Å². The molecule has 8 aromatic rings. The van der Waals surface area contributed by atoms with Gasteiger partial charge >= 0.3 is 0 Å². The second-order valence-corrected chi connectivity index (χ2v) is 18.4. The van der Waals surface area contributed by atoms with Crippen molar-refractivity contribution in [2.75, 3.05) is 0 Å². The quantitative estimate of drug-likeness (QED) is 0.124. The van der Waals surface area contributed by atoms with E-state index in [2.05, 4.69) is 147 Å². The minimum absolute atomic E-state index is 0. The number of fused-ring (bicyclic) bond motifs is 3. The van der Waals surface area contributed by atoms with Crippen molar-refractivity contribution in [2.45, 2.75) is 32.5 Å². The first-order chi connectivity index (χ1) is 23.9. The zero-order chi connectivity index (χ0) is 33.8. The van der Waals surface area contributed by atoms with Crippen molar-refractivity contribution in [3.63, 3.8) is 0 Å². The predicted molar refractivity (Wildman–Crippen MR) is 207 cm³/mol. The van der Waals surface area contributed by atoms with E-state index < -0.39 is 8.07 Å². The van der Waals surface area contributed by atoms with Crippen LogP contribution in [0.25, 0.3) is 55.6 Å². The molecule has 0 N–H and O–H groups in total. The number of rotatable bonds is 6. The largest absolute Gasteiger partial charge is 0.500 e. The number of para-hydroxylation sites is 1. The van der Waals surface area contributed by atoms with Crippen LogP contribution in [-0.4, -0.2) is 18.0 Å². The summed E-state index contributed by atoms with van der Waals surface area (Å²) in [5.41, 5.74) is 10.3. The number of aromatic nitrogens is 2. The number of hydrogen-bond acceptors (Lipinski definition) is 3. The first-order valence-electron chi connectivity index (χ1n) is 16.7. The first-order valence-corrected chi connectivity index (χ1v) is 20.2. The van der Waals surface area contributed by atoms with Crippen LogP contribution in [0.1, 0.15) is 24.0 Å². The summed E-state index contributed by atoms with van der Waals surface area (Å²) < 4.78 is 6.54. The van der Waals surface area contributed by atoms with E-state index in [0.717, 1.165) is 55.6 Å². The smallest absolute Gasteiger partial charge is 0.128 e. The molecule has 0 aliphatic carbocycles. The van der Waals surface area contributed by atoms with Crippen LogP contribution in [-0.2, 0) is 20.1 Å². The van der Waals surface area contributed by atoms with Gasteiger partial charge in [-0.15, -0.1) is 54.1 Å². The molecule has 0 fully saturated rings. The molecule has 0 aliphatic heterocycles. The van der Waals surface area contributed by atoms with Crippen LogP contribution in [0.3, 0.4) is 0 Å². The van der Waals surface area contributed by atoms with Crippen LogP contribution in [0.2, 0.25) is 19.6 Å². The molecule has 0 aliphatic rings. The molecule has 1 atom stereocenters. The molecule has 249 valence electrons. The maximum atomic E-state index is 6.54. The Bertz CT molecular complexity index is 2310. The zero-order valence-corrected chi connectivity index (χ0v) is 32.0. The summed E-state index contributed by atoms with van der Waals surface area (Å²) in [6, 6.07) is 54.4. The standard InChI is InChI=1S/C31H22NO.C14H16NSi.Ir/c1-21(22-10-4-2-5-11-22)24-18-19-32-29(20-24)28-17-9-16-27-26-15-8-14-25(30(26)33-31(27)28)23-12-6-3-7-13-23;1-16(2,3)13-9-10-14(15-11-13)12-7-5-4-6-8-12;/h2-16,18-21H,1H3;4-7,9-11H,1-3H3;/q2*-1;. The third kappa shape index (κ3) is 7.46. The summed E-state index contributed by atoms with van der Waals surface area (Å²) in [6.07, 6.45) is 3.90. The van der Waals surface area contributed by atoms with Gasteiger partial charge in [0.25, 0.3) is 0 Å². The van der Waals surface area contributed by atoms with Crippen molar-refractivity contribution in [1.82, 2.24) is 9.97 Å². The number of pyridine rings is 2. The Hall–Kier alpha value is -4.93. The molecule has 5 heteroatoms. The van der Waals surface area contributed by atoms with Crippen molar-refractivity contribution >= 4 is 35.2 Å². The third-order valence-corrected chi connectivity index (χ3v) is 11.0. The van der Waals surface area contributed by atoms with Crippen LogP contribution in [0.5, 0.6) is 0 Å². The summed E-state index contributed by atoms with van der Waals surface area (Å²) >= 11 is 0. The fourth-order valence-electron chi connectivity index (χ4n) is 6.14. The molecule has 8 rings (SSSR count). The van der Waals surface area contributed by atoms with E-state index in [4.69, 9.17) is 9.40 Å². The van der Waals surface area contributed by atoms with E-state index in [-0.39, 0.29) is 26.0 Å². The Morgan fingerprint density at radius 3 is 2.06 bits per heavy atom. The van der Waals surface area contributed by atoms with Gasteiger partial charge in [0, 0.05) is 49.4 Å². The number of nitrogens with zero attached hydrogens (tertiary/aromatic N) is 2. The van der Waals surface area contributed by atoms with Gasteiger partial charge in [-0.05, 0) is 39.3 Å². The molecule has 3 aromatic heterocycles. The molecule has 0 saturated heterocycles. The number of hydrogen-bond donors (Lipinski definition) is 0. The fourth-order valence-corrected chi connectivity index (χ4v) is 7.17. The molecule has 5 aromatic carbocycles. The summed E-state index contributed by atoms with van der Waals surface area (Å²) in [5, 5.41) is 3.59. The third-order valence-electron chi connectivity index (χ3n) is 9.00. The second-order valence-electron chi connectivity index (χ2n) is 13.3. The maximum Gasteiger partial charge on any atom is 0.128 e. The van der Waals surface area contributed by atoms with Crippen molar-refractivity contribution in [2.24, 2.45) is 0 Å². The van der Waals surface area contributed by atoms with Crippen LogP contribution < -0.4 is 5.19 Å². The van der Waals surface area contributed by atoms with Gasteiger partial charge in [0.2, 0.25) is 0 Å². The number of benzene rings is 5.